The summed E-state index contributed by atoms with van der Waals surface area (Å²) < 4.78 is 96.5. The molecule has 9 N–H and O–H groups in total. The van der Waals surface area contributed by atoms with Gasteiger partial charge < -0.3 is 127 Å². The predicted octanol–water partition coefficient (Wildman–Crippen LogP) is -1.52. The van der Waals surface area contributed by atoms with Gasteiger partial charge in [-0.05, 0) is 38.0 Å². The number of methoxy groups -OCH3 is 1. The first-order chi connectivity index (χ1) is 43.7. The van der Waals surface area contributed by atoms with Gasteiger partial charge in [-0.15, -0.1) is 0 Å². The third-order valence-electron chi connectivity index (χ3n) is 15.7. The van der Waals surface area contributed by atoms with Gasteiger partial charge in [0.15, 0.2) is 18.7 Å². The number of aliphatic carboxylic acids is 1. The standard InChI is InChI=1S/C60H109N3O27.Na/c1-5-44-38-45(39-46(55(44)90-60-54(70)53(69)51(67)41(2)86-60)88-59-50(63-42(3)65)56(52(68)48(40-64)89-59)87-47(58(72)73)37-43-9-7-6-8-10-43)57(71)62-13-12-61-49(66)11-14-75-17-18-77-21-22-79-25-26-81-29-30-83-33-34-85-36-35-84-32-31-82-28-27-80-24-23-78-20-19-76-16-15-74-4;/h41,43-48,50-56,59-60,64,67-70H,5-40H2,1-4H3,(H,61,66)(H,62,71)(H,63,65)(H,72,73);/t41-,44-,45+,46+,47-,48+,50+,51+,52-,53+,54-,55+,56+,59+,60-;/m0./s1. The molecule has 15 atom stereocenters. The van der Waals surface area contributed by atoms with E-state index in [1.807, 2.05) is 6.92 Å². The van der Waals surface area contributed by atoms with Gasteiger partial charge in [0.05, 0.1) is 177 Å². The van der Waals surface area contributed by atoms with E-state index in [9.17, 15) is 49.8 Å². The van der Waals surface area contributed by atoms with Crippen molar-refractivity contribution in [2.75, 3.05) is 179 Å². The molecule has 3 amide bonds. The molecule has 0 aromatic heterocycles. The van der Waals surface area contributed by atoms with Crippen LogP contribution in [0.5, 0.6) is 0 Å². The second-order valence-electron chi connectivity index (χ2n) is 22.5. The zero-order valence-electron chi connectivity index (χ0n) is 54.4. The number of carboxylic acids is 1. The van der Waals surface area contributed by atoms with Crippen molar-refractivity contribution in [3.63, 3.8) is 0 Å². The van der Waals surface area contributed by atoms with E-state index in [2.05, 4.69) is 16.0 Å². The third kappa shape index (κ3) is 34.2. The van der Waals surface area contributed by atoms with Crippen LogP contribution in [-0.2, 0) is 99.7 Å². The van der Waals surface area contributed by atoms with Crippen LogP contribution in [-0.4, -0.2) is 342 Å². The largest absolute Gasteiger partial charge is 0.479 e. The average molecular weight is 1330 g/mol. The minimum Gasteiger partial charge on any atom is -0.479 e. The molecule has 1 radical (unpaired) electrons. The van der Waals surface area contributed by atoms with Gasteiger partial charge in [-0.1, -0.05) is 45.4 Å². The summed E-state index contributed by atoms with van der Waals surface area (Å²) in [6.45, 7) is 14.0. The van der Waals surface area contributed by atoms with Gasteiger partial charge >= 0.3 is 5.97 Å². The number of ether oxygens (including phenoxy) is 17. The number of aliphatic hydroxyl groups is 5. The van der Waals surface area contributed by atoms with E-state index in [1.54, 1.807) is 7.11 Å². The van der Waals surface area contributed by atoms with Crippen molar-refractivity contribution in [3.05, 3.63) is 0 Å². The van der Waals surface area contributed by atoms with Crippen molar-refractivity contribution in [1.29, 1.82) is 0 Å². The normalized spacial score (nSPS) is 27.4. The molecule has 91 heavy (non-hydrogen) atoms. The first-order valence-corrected chi connectivity index (χ1v) is 32.2. The molecule has 2 heterocycles. The van der Waals surface area contributed by atoms with Crippen molar-refractivity contribution in [1.82, 2.24) is 16.0 Å². The second-order valence-corrected chi connectivity index (χ2v) is 22.5. The number of aliphatic hydroxyl groups excluding tert-OH is 5. The van der Waals surface area contributed by atoms with Crippen LogP contribution < -0.4 is 16.0 Å². The molecule has 527 valence electrons. The zero-order chi connectivity index (χ0) is 65.1. The summed E-state index contributed by atoms with van der Waals surface area (Å²) in [5.74, 6) is -3.65. The zero-order valence-corrected chi connectivity index (χ0v) is 56.4. The van der Waals surface area contributed by atoms with E-state index in [-0.39, 0.29) is 99.3 Å². The van der Waals surface area contributed by atoms with Gasteiger partial charge in [0.1, 0.15) is 42.7 Å². The molecule has 0 unspecified atom stereocenters. The average Bonchev–Trinajstić information content (AvgIpc) is 0.989. The summed E-state index contributed by atoms with van der Waals surface area (Å²) in [6, 6.07) is -1.34. The predicted molar refractivity (Wildman–Crippen MR) is 323 cm³/mol. The number of hydrogen-bond donors (Lipinski definition) is 9. The van der Waals surface area contributed by atoms with Crippen LogP contribution in [0, 0.1) is 17.8 Å². The molecular weight excluding hydrogens is 1220 g/mol. The fourth-order valence-corrected chi connectivity index (χ4v) is 10.8. The number of carbonyl (C=O) groups is 4. The molecule has 4 fully saturated rings. The molecular formula is C60H109N3NaO27. The SMILES string of the molecule is CC[C@H]1C[C@@H](C(=O)NCCNC(=O)CCOCCOCCOCCOCCOCCOCCOCCOCCOCCOCCOCCOC)C[C@@H](O[C@@H]2O[C@H](CO)[C@H](O)[C@H](O[C@@H](CC3CCCCC3)C(=O)O)[C@H]2NC(C)=O)[C@@H]1O[C@@H]1O[C@@H](C)[C@@H](O)[C@@H](O)[C@@H]1O.[Na]. The minimum absolute atomic E-state index is 0. The van der Waals surface area contributed by atoms with Crippen LogP contribution in [0.15, 0.2) is 0 Å². The van der Waals surface area contributed by atoms with Gasteiger partial charge in [-0.3, -0.25) is 14.4 Å². The Kier molecular flexibility index (Phi) is 46.9. The third-order valence-corrected chi connectivity index (χ3v) is 15.7. The molecule has 2 saturated heterocycles. The Labute approximate surface area is 558 Å². The fraction of sp³-hybridized carbons (Fsp3) is 0.933. The molecule has 31 heteroatoms. The molecule has 4 rings (SSSR count). The summed E-state index contributed by atoms with van der Waals surface area (Å²) >= 11 is 0. The molecule has 0 aromatic rings. The summed E-state index contributed by atoms with van der Waals surface area (Å²) in [4.78, 5) is 52.1. The number of hydrogen-bond acceptors (Lipinski definition) is 26. The van der Waals surface area contributed by atoms with Crippen LogP contribution >= 0.6 is 0 Å². The Morgan fingerprint density at radius 3 is 1.48 bits per heavy atom. The Morgan fingerprint density at radius 2 is 1.03 bits per heavy atom. The van der Waals surface area contributed by atoms with Crippen LogP contribution in [0.25, 0.3) is 0 Å². The quantitative estimate of drug-likeness (QED) is 0.0247. The summed E-state index contributed by atoms with van der Waals surface area (Å²) in [6.07, 6.45) is -11.1. The molecule has 0 aromatic carbocycles. The van der Waals surface area contributed by atoms with E-state index in [0.29, 0.717) is 145 Å². The Balaban J connectivity index is 0.0000216. The topological polar surface area (TPSA) is 383 Å². The van der Waals surface area contributed by atoms with Crippen molar-refractivity contribution < 1.29 is 130 Å². The molecule has 30 nitrogen and oxygen atoms in total. The summed E-state index contributed by atoms with van der Waals surface area (Å²) in [5.41, 5.74) is 0. The number of amides is 3. The van der Waals surface area contributed by atoms with Gasteiger partial charge in [0.2, 0.25) is 17.7 Å². The van der Waals surface area contributed by atoms with Crippen LogP contribution in [0.2, 0.25) is 0 Å². The fourth-order valence-electron chi connectivity index (χ4n) is 10.8. The Morgan fingerprint density at radius 1 is 0.560 bits per heavy atom. The Bertz CT molecular complexity index is 1870. The number of rotatable bonds is 52. The maximum atomic E-state index is 14.0. The Hall–Kier alpha value is -2.00. The van der Waals surface area contributed by atoms with Crippen LogP contribution in [0.1, 0.15) is 85.0 Å². The first kappa shape index (κ1) is 83.2. The molecule has 2 aliphatic carbocycles. The molecule has 0 bridgehead atoms. The first-order valence-electron chi connectivity index (χ1n) is 32.2. The number of nitrogens with one attached hydrogen (secondary N) is 3. The van der Waals surface area contributed by atoms with Crippen molar-refractivity contribution in [2.24, 2.45) is 17.8 Å². The van der Waals surface area contributed by atoms with Crippen LogP contribution in [0.4, 0.5) is 0 Å². The van der Waals surface area contributed by atoms with E-state index in [4.69, 9.17) is 80.5 Å². The molecule has 0 spiro atoms. The minimum atomic E-state index is -1.69. The van der Waals surface area contributed by atoms with Crippen molar-refractivity contribution >= 4 is 53.2 Å². The maximum absolute atomic E-state index is 14.0. The van der Waals surface area contributed by atoms with E-state index >= 15 is 0 Å². The van der Waals surface area contributed by atoms with Gasteiger partial charge in [-0.2, -0.15) is 0 Å². The van der Waals surface area contributed by atoms with E-state index < -0.39 is 110 Å². The van der Waals surface area contributed by atoms with E-state index in [1.165, 1.54) is 13.8 Å². The molecule has 2 aliphatic heterocycles. The molecule has 2 saturated carbocycles. The second kappa shape index (κ2) is 51.3. The monoisotopic (exact) mass is 1330 g/mol. The molecule has 4 aliphatic rings. The number of carboxylic acid groups (broad SMARTS) is 1. The van der Waals surface area contributed by atoms with Gasteiger partial charge in [0.25, 0.3) is 0 Å². The summed E-state index contributed by atoms with van der Waals surface area (Å²) in [7, 11) is 1.63. The van der Waals surface area contributed by atoms with E-state index in [0.717, 1.165) is 32.1 Å². The smallest absolute Gasteiger partial charge is 0.332 e. The van der Waals surface area contributed by atoms with Crippen LogP contribution in [0.3, 0.4) is 0 Å². The van der Waals surface area contributed by atoms with Crippen molar-refractivity contribution in [2.45, 2.75) is 165 Å². The van der Waals surface area contributed by atoms with Crippen molar-refractivity contribution in [3.8, 4) is 0 Å². The number of carbonyl (C=O) groups excluding carboxylic acids is 3. The maximum Gasteiger partial charge on any atom is 0.332 e. The van der Waals surface area contributed by atoms with Gasteiger partial charge in [0, 0.05) is 69.0 Å². The van der Waals surface area contributed by atoms with Gasteiger partial charge in [-0.25, -0.2) is 4.79 Å². The summed E-state index contributed by atoms with van der Waals surface area (Å²) in [5, 5.41) is 72.8.